The van der Waals surface area contributed by atoms with Crippen molar-refractivity contribution in [3.8, 4) is 5.75 Å². The second-order valence-electron chi connectivity index (χ2n) is 7.68. The number of pyridine rings is 1. The molecule has 10 heteroatoms. The summed E-state index contributed by atoms with van der Waals surface area (Å²) in [5, 5.41) is 0. The number of sulfone groups is 1. The molecule has 0 saturated carbocycles. The maximum atomic E-state index is 12.7. The number of hydrogen-bond donors (Lipinski definition) is 0. The lowest BCUT2D eigenvalue weighted by Gasteiger charge is -2.26. The van der Waals surface area contributed by atoms with Crippen molar-refractivity contribution in [2.45, 2.75) is 35.5 Å². The number of ether oxygens (including phenoxy) is 1. The summed E-state index contributed by atoms with van der Waals surface area (Å²) in [5.74, 6) is 1.30. The van der Waals surface area contributed by atoms with Gasteiger partial charge in [0.25, 0.3) is 0 Å². The maximum Gasteiger partial charge on any atom is 0.244 e. The molecule has 2 heterocycles. The quantitative estimate of drug-likeness (QED) is 0.523. The fraction of sp³-hybridized carbons (Fsp3) is 0.476. The van der Waals surface area contributed by atoms with Crippen molar-refractivity contribution in [1.29, 1.82) is 0 Å². The van der Waals surface area contributed by atoms with E-state index in [1.54, 1.807) is 24.3 Å². The van der Waals surface area contributed by atoms with Gasteiger partial charge in [0.2, 0.25) is 10.0 Å². The first-order valence-electron chi connectivity index (χ1n) is 10.3. The van der Waals surface area contributed by atoms with E-state index in [9.17, 15) is 16.8 Å². The molecule has 170 valence electrons. The van der Waals surface area contributed by atoms with Crippen molar-refractivity contribution < 1.29 is 21.6 Å². The highest BCUT2D eigenvalue weighted by Crippen LogP contribution is 2.21. The monoisotopic (exact) mass is 467 g/mol. The Morgan fingerprint density at radius 2 is 1.61 bits per heavy atom. The van der Waals surface area contributed by atoms with Crippen LogP contribution in [0.15, 0.2) is 52.4 Å². The van der Waals surface area contributed by atoms with Crippen molar-refractivity contribution >= 4 is 25.7 Å². The minimum Gasteiger partial charge on any atom is -0.494 e. The number of piperidine rings is 1. The molecule has 8 nitrogen and oxygen atoms in total. The first-order valence-corrected chi connectivity index (χ1v) is 13.6. The highest BCUT2D eigenvalue weighted by atomic mass is 32.2. The third kappa shape index (κ3) is 6.18. The van der Waals surface area contributed by atoms with Gasteiger partial charge in [0.1, 0.15) is 16.5 Å². The van der Waals surface area contributed by atoms with Crippen LogP contribution < -0.4 is 9.64 Å². The molecule has 0 amide bonds. The Kier molecular flexibility index (Phi) is 7.55. The molecule has 1 aliphatic heterocycles. The maximum absolute atomic E-state index is 12.7. The van der Waals surface area contributed by atoms with Gasteiger partial charge in [-0.25, -0.2) is 21.8 Å². The predicted octanol–water partition coefficient (Wildman–Crippen LogP) is 2.57. The summed E-state index contributed by atoms with van der Waals surface area (Å²) in [5.41, 5.74) is 0. The van der Waals surface area contributed by atoms with Gasteiger partial charge in [-0.3, -0.25) is 0 Å². The van der Waals surface area contributed by atoms with Gasteiger partial charge in [0.05, 0.1) is 11.5 Å². The molecule has 0 radical (unpaired) electrons. The van der Waals surface area contributed by atoms with E-state index in [0.29, 0.717) is 37.8 Å². The van der Waals surface area contributed by atoms with Crippen LogP contribution in [0.3, 0.4) is 0 Å². The fourth-order valence-electron chi connectivity index (χ4n) is 3.39. The molecule has 31 heavy (non-hydrogen) atoms. The third-order valence-electron chi connectivity index (χ3n) is 5.22. The van der Waals surface area contributed by atoms with Gasteiger partial charge in [-0.05, 0) is 55.7 Å². The van der Waals surface area contributed by atoms with Crippen molar-refractivity contribution in [3.63, 3.8) is 0 Å². The molecule has 1 saturated heterocycles. The van der Waals surface area contributed by atoms with Crippen LogP contribution in [0.4, 0.5) is 5.82 Å². The molecule has 0 atom stereocenters. The molecule has 1 aromatic carbocycles. The summed E-state index contributed by atoms with van der Waals surface area (Å²) in [6.45, 7) is 2.28. The predicted molar refractivity (Wildman–Crippen MR) is 120 cm³/mol. The van der Waals surface area contributed by atoms with Crippen LogP contribution in [-0.4, -0.2) is 65.7 Å². The van der Waals surface area contributed by atoms with E-state index in [-0.39, 0.29) is 9.79 Å². The van der Waals surface area contributed by atoms with E-state index in [4.69, 9.17) is 4.74 Å². The minimum atomic E-state index is -3.47. The molecule has 1 fully saturated rings. The Morgan fingerprint density at radius 3 is 2.19 bits per heavy atom. The topological polar surface area (TPSA) is 96.9 Å². The molecule has 0 unspecified atom stereocenters. The van der Waals surface area contributed by atoms with Gasteiger partial charge in [0.15, 0.2) is 9.84 Å². The molecule has 0 N–H and O–H groups in total. The van der Waals surface area contributed by atoms with Crippen LogP contribution >= 0.6 is 0 Å². The summed E-state index contributed by atoms with van der Waals surface area (Å²) < 4.78 is 55.6. The summed E-state index contributed by atoms with van der Waals surface area (Å²) >= 11 is 0. The number of sulfonamides is 1. The highest BCUT2D eigenvalue weighted by molar-refractivity contribution is 7.90. The average molecular weight is 468 g/mol. The minimum absolute atomic E-state index is 0.229. The molecular weight excluding hydrogens is 438 g/mol. The molecule has 1 aromatic heterocycles. The number of anilines is 1. The van der Waals surface area contributed by atoms with Gasteiger partial charge in [0, 0.05) is 39.1 Å². The molecule has 3 rings (SSSR count). The molecule has 0 aliphatic carbocycles. The zero-order valence-electron chi connectivity index (χ0n) is 17.9. The Bertz CT molecular complexity index is 1060. The van der Waals surface area contributed by atoms with Crippen molar-refractivity contribution in [2.75, 3.05) is 44.4 Å². The van der Waals surface area contributed by atoms with E-state index >= 15 is 0 Å². The summed E-state index contributed by atoms with van der Waals surface area (Å²) in [6.07, 6.45) is 6.19. The van der Waals surface area contributed by atoms with E-state index in [0.717, 1.165) is 25.7 Å². The first kappa shape index (κ1) is 23.5. The van der Waals surface area contributed by atoms with Crippen molar-refractivity contribution in [3.05, 3.63) is 42.6 Å². The summed E-state index contributed by atoms with van der Waals surface area (Å²) in [6, 6.07) is 9.68. The second-order valence-corrected chi connectivity index (χ2v) is 11.6. The smallest absolute Gasteiger partial charge is 0.244 e. The van der Waals surface area contributed by atoms with Crippen LogP contribution in [0, 0.1) is 0 Å². The molecule has 0 bridgehead atoms. The van der Waals surface area contributed by atoms with Crippen molar-refractivity contribution in [1.82, 2.24) is 9.29 Å². The van der Waals surface area contributed by atoms with Crippen LogP contribution in [-0.2, 0) is 19.9 Å². The highest BCUT2D eigenvalue weighted by Gasteiger charge is 2.26. The molecule has 0 spiro atoms. The zero-order chi connectivity index (χ0) is 22.5. The van der Waals surface area contributed by atoms with Gasteiger partial charge >= 0.3 is 0 Å². The van der Waals surface area contributed by atoms with Crippen molar-refractivity contribution in [2.24, 2.45) is 0 Å². The van der Waals surface area contributed by atoms with Gasteiger partial charge in [-0.2, -0.15) is 4.31 Å². The number of rotatable bonds is 9. The fourth-order valence-corrected chi connectivity index (χ4v) is 5.49. The van der Waals surface area contributed by atoms with Gasteiger partial charge in [-0.15, -0.1) is 0 Å². The van der Waals surface area contributed by atoms with Gasteiger partial charge in [-0.1, -0.05) is 6.42 Å². The lowest BCUT2D eigenvalue weighted by Crippen LogP contribution is -2.35. The molecular formula is C21H29N3O5S2. The number of hydrogen-bond acceptors (Lipinski definition) is 7. The average Bonchev–Trinajstić information content (AvgIpc) is 2.77. The lowest BCUT2D eigenvalue weighted by atomic mass is 10.2. The van der Waals surface area contributed by atoms with E-state index < -0.39 is 19.9 Å². The van der Waals surface area contributed by atoms with E-state index in [1.807, 2.05) is 11.9 Å². The largest absolute Gasteiger partial charge is 0.494 e. The zero-order valence-corrected chi connectivity index (χ0v) is 19.5. The second kappa shape index (κ2) is 9.97. The summed E-state index contributed by atoms with van der Waals surface area (Å²) in [7, 11) is -4.80. The SMILES string of the molecule is CN(CCCOc1ccc(S(C)(=O)=O)cc1)c1ccc(S(=O)(=O)N2CCCCC2)cn1. The van der Waals surface area contributed by atoms with Gasteiger partial charge < -0.3 is 9.64 Å². The van der Waals surface area contributed by atoms with Crippen LogP contribution in [0.25, 0.3) is 0 Å². The third-order valence-corrected chi connectivity index (χ3v) is 8.23. The molecule has 1 aliphatic rings. The van der Waals surface area contributed by atoms with Crippen LogP contribution in [0.1, 0.15) is 25.7 Å². The Labute approximate surface area is 184 Å². The van der Waals surface area contributed by atoms with E-state index in [2.05, 4.69) is 4.98 Å². The number of benzene rings is 1. The number of aromatic nitrogens is 1. The Morgan fingerprint density at radius 1 is 0.968 bits per heavy atom. The lowest BCUT2D eigenvalue weighted by molar-refractivity contribution is 0.312. The Balaban J connectivity index is 1.49. The molecule has 2 aromatic rings. The first-order chi connectivity index (χ1) is 14.7. The Hall–Kier alpha value is -2.17. The van der Waals surface area contributed by atoms with Crippen LogP contribution in [0.5, 0.6) is 5.75 Å². The number of nitrogens with zero attached hydrogens (tertiary/aromatic N) is 3. The standard InChI is InChI=1S/C21H29N3O5S2/c1-23(13-6-16-29-18-7-9-19(10-8-18)30(2,25)26)21-12-11-20(17-22-21)31(27,28)24-14-4-3-5-15-24/h7-12,17H,3-6,13-16H2,1-2H3. The summed E-state index contributed by atoms with van der Waals surface area (Å²) in [4.78, 5) is 6.76. The normalized spacial score (nSPS) is 15.5. The van der Waals surface area contributed by atoms with E-state index in [1.165, 1.54) is 28.9 Å². The van der Waals surface area contributed by atoms with Crippen LogP contribution in [0.2, 0.25) is 0 Å².